The van der Waals surface area contributed by atoms with Gasteiger partial charge in [-0.1, -0.05) is 25.1 Å². The number of carbonyl (C=O) groups excluding carboxylic acids is 1. The number of carbonyl (C=O) groups is 1. The molecule has 0 aromatic heterocycles. The number of hydrogen-bond acceptors (Lipinski definition) is 3. The molecule has 2 aromatic carbocycles. The highest BCUT2D eigenvalue weighted by Crippen LogP contribution is 2.24. The van der Waals surface area contributed by atoms with E-state index in [1.807, 2.05) is 58.9 Å². The van der Waals surface area contributed by atoms with Gasteiger partial charge in [-0.25, -0.2) is 8.51 Å². The lowest BCUT2D eigenvalue weighted by Gasteiger charge is -2.27. The first kappa shape index (κ1) is 20.1. The second kappa shape index (κ2) is 9.53. The van der Waals surface area contributed by atoms with Crippen molar-refractivity contribution in [3.8, 4) is 11.5 Å². The first-order chi connectivity index (χ1) is 13.1. The molecule has 27 heavy (non-hydrogen) atoms. The van der Waals surface area contributed by atoms with Crippen molar-refractivity contribution in [1.82, 2.24) is 4.31 Å². The highest BCUT2D eigenvalue weighted by Gasteiger charge is 2.39. The molecule has 0 bridgehead atoms. The molecule has 0 N–H and O–H groups in total. The fourth-order valence-electron chi connectivity index (χ4n) is 3.26. The number of Topliss-reactive ketones (excluding diaryl/α,β-unsaturated/α-hetero) is 1. The van der Waals surface area contributed by atoms with E-state index in [0.717, 1.165) is 48.1 Å². The van der Waals surface area contributed by atoms with E-state index in [2.05, 4.69) is 6.92 Å². The molecule has 0 amide bonds. The average molecular weight is 405 g/mol. The van der Waals surface area contributed by atoms with E-state index in [1.54, 1.807) is 6.26 Å². The Balaban J connectivity index is 1.64. The molecule has 2 aromatic rings. The number of para-hydroxylation sites is 1. The van der Waals surface area contributed by atoms with E-state index in [4.69, 9.17) is 4.74 Å². The SMILES string of the molecule is CCC(C(=O)c1ccc(Oc2ccccc2)cc1)[S+]1CCN(S(C)=O)CC1. The summed E-state index contributed by atoms with van der Waals surface area (Å²) in [5.41, 5.74) is 0.747. The standard InChI is InChI=1S/C21H26NO3S2/c1-3-20(27-15-13-22(14-16-27)26(2)24)21(23)17-9-11-19(12-10-17)25-18-7-5-4-6-8-18/h4-12,20H,3,13-16H2,1-2H3/q+1. The normalized spacial score (nSPS) is 18.0. The van der Waals surface area contributed by atoms with Gasteiger partial charge in [0.25, 0.3) is 0 Å². The van der Waals surface area contributed by atoms with Crippen LogP contribution in [0.25, 0.3) is 0 Å². The Kier molecular flexibility index (Phi) is 7.10. The van der Waals surface area contributed by atoms with Crippen molar-refractivity contribution in [1.29, 1.82) is 0 Å². The molecule has 0 radical (unpaired) electrons. The fourth-order valence-corrected chi connectivity index (χ4v) is 6.78. The predicted molar refractivity (Wildman–Crippen MR) is 114 cm³/mol. The van der Waals surface area contributed by atoms with E-state index in [-0.39, 0.29) is 21.9 Å². The van der Waals surface area contributed by atoms with Gasteiger partial charge in [-0.2, -0.15) is 0 Å². The van der Waals surface area contributed by atoms with E-state index in [9.17, 15) is 9.00 Å². The molecule has 1 fully saturated rings. The van der Waals surface area contributed by atoms with Crippen LogP contribution in [0.5, 0.6) is 11.5 Å². The van der Waals surface area contributed by atoms with Crippen LogP contribution in [0, 0.1) is 0 Å². The zero-order valence-electron chi connectivity index (χ0n) is 15.8. The van der Waals surface area contributed by atoms with E-state index in [0.29, 0.717) is 0 Å². The number of rotatable bonds is 7. The minimum absolute atomic E-state index is 0.0540. The summed E-state index contributed by atoms with van der Waals surface area (Å²) in [4.78, 5) is 13.1. The van der Waals surface area contributed by atoms with Gasteiger partial charge in [0, 0.05) is 22.7 Å². The van der Waals surface area contributed by atoms with Crippen LogP contribution in [-0.4, -0.2) is 50.4 Å². The monoisotopic (exact) mass is 404 g/mol. The number of ketones is 1. The maximum atomic E-state index is 13.1. The Morgan fingerprint density at radius 3 is 2.22 bits per heavy atom. The molecule has 4 nitrogen and oxygen atoms in total. The van der Waals surface area contributed by atoms with Gasteiger partial charge < -0.3 is 4.74 Å². The molecule has 6 heteroatoms. The lowest BCUT2D eigenvalue weighted by atomic mass is 10.1. The topological polar surface area (TPSA) is 46.6 Å². The molecular formula is C21H26NO3S2+. The van der Waals surface area contributed by atoms with E-state index < -0.39 is 11.0 Å². The smallest absolute Gasteiger partial charge is 0.214 e. The molecule has 144 valence electrons. The van der Waals surface area contributed by atoms with Crippen LogP contribution in [0.2, 0.25) is 0 Å². The van der Waals surface area contributed by atoms with Crippen LogP contribution in [-0.2, 0) is 21.9 Å². The highest BCUT2D eigenvalue weighted by atomic mass is 32.2. The first-order valence-electron chi connectivity index (χ1n) is 9.20. The van der Waals surface area contributed by atoms with Gasteiger partial charge in [-0.15, -0.1) is 0 Å². The Morgan fingerprint density at radius 2 is 1.67 bits per heavy atom. The molecule has 2 atom stereocenters. The van der Waals surface area contributed by atoms with Crippen LogP contribution >= 0.6 is 0 Å². The summed E-state index contributed by atoms with van der Waals surface area (Å²) in [7, 11) is -0.854. The summed E-state index contributed by atoms with van der Waals surface area (Å²) in [6, 6.07) is 17.1. The van der Waals surface area contributed by atoms with Crippen molar-refractivity contribution in [3.05, 3.63) is 60.2 Å². The molecular weight excluding hydrogens is 378 g/mol. The molecule has 1 aliphatic rings. The second-order valence-corrected chi connectivity index (χ2v) is 10.3. The van der Waals surface area contributed by atoms with Crippen LogP contribution in [0.3, 0.4) is 0 Å². The van der Waals surface area contributed by atoms with Gasteiger partial charge in [-0.3, -0.25) is 4.79 Å². The number of benzene rings is 2. The Bertz CT molecular complexity index is 772. The summed E-state index contributed by atoms with van der Waals surface area (Å²) in [6.45, 7) is 3.73. The Hall–Kier alpha value is -1.63. The molecule has 0 aliphatic carbocycles. The lowest BCUT2D eigenvalue weighted by molar-refractivity contribution is 0.0987. The first-order valence-corrected chi connectivity index (χ1v) is 12.3. The molecule has 2 unspecified atom stereocenters. The Morgan fingerprint density at radius 1 is 1.07 bits per heavy atom. The third kappa shape index (κ3) is 5.21. The quantitative estimate of drug-likeness (QED) is 0.523. The maximum Gasteiger partial charge on any atom is 0.214 e. The molecule has 0 spiro atoms. The molecule has 3 rings (SSSR count). The summed E-state index contributed by atoms with van der Waals surface area (Å²) in [5, 5.41) is 0.0540. The largest absolute Gasteiger partial charge is 0.457 e. The predicted octanol–water partition coefficient (Wildman–Crippen LogP) is 3.67. The average Bonchev–Trinajstić information content (AvgIpc) is 2.70. The second-order valence-electron chi connectivity index (χ2n) is 6.50. The van der Waals surface area contributed by atoms with Gasteiger partial charge >= 0.3 is 0 Å². The van der Waals surface area contributed by atoms with Gasteiger partial charge in [0.2, 0.25) is 5.78 Å². The summed E-state index contributed by atoms with van der Waals surface area (Å²) in [6.07, 6.45) is 2.57. The van der Waals surface area contributed by atoms with Gasteiger partial charge in [-0.05, 0) is 42.8 Å². The van der Waals surface area contributed by atoms with Crippen molar-refractivity contribution < 1.29 is 13.7 Å². The van der Waals surface area contributed by atoms with Crippen LogP contribution in [0.4, 0.5) is 0 Å². The zero-order valence-corrected chi connectivity index (χ0v) is 17.4. The summed E-state index contributed by atoms with van der Waals surface area (Å²) >= 11 is 0. The van der Waals surface area contributed by atoms with Crippen molar-refractivity contribution in [3.63, 3.8) is 0 Å². The van der Waals surface area contributed by atoms with Crippen molar-refractivity contribution in [2.45, 2.75) is 18.6 Å². The van der Waals surface area contributed by atoms with Gasteiger partial charge in [0.15, 0.2) is 5.25 Å². The van der Waals surface area contributed by atoms with Crippen LogP contribution in [0.1, 0.15) is 23.7 Å². The van der Waals surface area contributed by atoms with Crippen LogP contribution < -0.4 is 4.74 Å². The van der Waals surface area contributed by atoms with Crippen LogP contribution in [0.15, 0.2) is 54.6 Å². The summed E-state index contributed by atoms with van der Waals surface area (Å²) < 4.78 is 19.4. The minimum atomic E-state index is -0.910. The van der Waals surface area contributed by atoms with E-state index >= 15 is 0 Å². The van der Waals surface area contributed by atoms with Gasteiger partial charge in [0.05, 0.1) is 24.1 Å². The number of nitrogens with zero attached hydrogens (tertiary/aromatic N) is 1. The molecule has 1 saturated heterocycles. The third-order valence-corrected chi connectivity index (χ3v) is 8.61. The highest BCUT2D eigenvalue weighted by molar-refractivity contribution is 7.98. The van der Waals surface area contributed by atoms with Crippen molar-refractivity contribution in [2.24, 2.45) is 0 Å². The van der Waals surface area contributed by atoms with Crippen molar-refractivity contribution in [2.75, 3.05) is 30.9 Å². The Labute approximate surface area is 166 Å². The minimum Gasteiger partial charge on any atom is -0.457 e. The zero-order chi connectivity index (χ0) is 19.2. The van der Waals surface area contributed by atoms with Crippen molar-refractivity contribution >= 4 is 27.7 Å². The number of hydrogen-bond donors (Lipinski definition) is 0. The van der Waals surface area contributed by atoms with Gasteiger partial charge in [0.1, 0.15) is 23.0 Å². The number of ether oxygens (including phenoxy) is 1. The third-order valence-electron chi connectivity index (χ3n) is 4.75. The molecule has 0 saturated carbocycles. The summed E-state index contributed by atoms with van der Waals surface area (Å²) in [5.74, 6) is 3.65. The lowest BCUT2D eigenvalue weighted by Crippen LogP contribution is -2.46. The maximum absolute atomic E-state index is 13.1. The van der Waals surface area contributed by atoms with E-state index in [1.165, 1.54) is 0 Å². The molecule has 1 heterocycles. The molecule has 1 aliphatic heterocycles. The fraction of sp³-hybridized carbons (Fsp3) is 0.381.